The second-order valence-electron chi connectivity index (χ2n) is 4.62. The van der Waals surface area contributed by atoms with Gasteiger partial charge < -0.3 is 16.2 Å². The summed E-state index contributed by atoms with van der Waals surface area (Å²) in [6.45, 7) is 2.78. The lowest BCUT2D eigenvalue weighted by Crippen LogP contribution is -2.28. The van der Waals surface area contributed by atoms with Gasteiger partial charge in [0.1, 0.15) is 0 Å². The number of para-hydroxylation sites is 1. The maximum Gasteiger partial charge on any atom is 0.220 e. The third-order valence-electron chi connectivity index (χ3n) is 2.95. The number of anilines is 1. The van der Waals surface area contributed by atoms with E-state index in [2.05, 4.69) is 5.32 Å². The zero-order valence-corrected chi connectivity index (χ0v) is 10.9. The molecule has 0 saturated heterocycles. The van der Waals surface area contributed by atoms with Crippen LogP contribution in [-0.2, 0) is 11.2 Å². The van der Waals surface area contributed by atoms with Crippen LogP contribution in [0, 0.1) is 5.92 Å². The highest BCUT2D eigenvalue weighted by atomic mass is 16.3. The minimum Gasteiger partial charge on any atom is -0.399 e. The van der Waals surface area contributed by atoms with Crippen molar-refractivity contribution in [1.29, 1.82) is 0 Å². The Bertz CT molecular complexity index is 380. The number of carbonyl (C=O) groups is 1. The van der Waals surface area contributed by atoms with E-state index in [4.69, 9.17) is 10.8 Å². The van der Waals surface area contributed by atoms with Gasteiger partial charge in [0.15, 0.2) is 0 Å². The minimum atomic E-state index is 0.0306. The van der Waals surface area contributed by atoms with E-state index in [0.717, 1.165) is 11.3 Å². The van der Waals surface area contributed by atoms with E-state index in [0.29, 0.717) is 31.7 Å². The first-order valence-electron chi connectivity index (χ1n) is 6.34. The second-order valence-corrected chi connectivity index (χ2v) is 4.62. The molecule has 0 spiro atoms. The molecule has 0 fully saturated rings. The van der Waals surface area contributed by atoms with E-state index >= 15 is 0 Å². The predicted octanol–water partition coefficient (Wildman–Crippen LogP) is 1.34. The Kier molecular flexibility index (Phi) is 6.22. The predicted molar refractivity (Wildman–Crippen MR) is 73.1 cm³/mol. The number of nitrogens with two attached hydrogens (primary N) is 1. The molecule has 18 heavy (non-hydrogen) atoms. The third-order valence-corrected chi connectivity index (χ3v) is 2.95. The molecule has 100 valence electrons. The van der Waals surface area contributed by atoms with Crippen LogP contribution in [0.4, 0.5) is 5.69 Å². The molecular weight excluding hydrogens is 228 g/mol. The highest BCUT2D eigenvalue weighted by Crippen LogP contribution is 2.12. The molecule has 4 N–H and O–H groups in total. The van der Waals surface area contributed by atoms with Crippen LogP contribution in [-0.4, -0.2) is 24.2 Å². The molecule has 1 aromatic rings. The number of aryl methyl sites for hydroxylation is 1. The molecule has 0 aliphatic rings. The van der Waals surface area contributed by atoms with Crippen molar-refractivity contribution in [3.63, 3.8) is 0 Å². The highest BCUT2D eigenvalue weighted by Gasteiger charge is 2.06. The number of hydrogen-bond acceptors (Lipinski definition) is 3. The number of rotatable bonds is 7. The minimum absolute atomic E-state index is 0.0306. The van der Waals surface area contributed by atoms with Gasteiger partial charge in [-0.2, -0.15) is 0 Å². The highest BCUT2D eigenvalue weighted by molar-refractivity contribution is 5.76. The fourth-order valence-electron chi connectivity index (χ4n) is 1.71. The van der Waals surface area contributed by atoms with Crippen LogP contribution in [0.5, 0.6) is 0 Å². The van der Waals surface area contributed by atoms with Crippen LogP contribution < -0.4 is 11.1 Å². The first-order valence-corrected chi connectivity index (χ1v) is 6.34. The number of aliphatic hydroxyl groups is 1. The maximum absolute atomic E-state index is 11.6. The number of amides is 1. The van der Waals surface area contributed by atoms with Crippen LogP contribution in [0.25, 0.3) is 0 Å². The summed E-state index contributed by atoms with van der Waals surface area (Å²) >= 11 is 0. The summed E-state index contributed by atoms with van der Waals surface area (Å²) in [5.41, 5.74) is 7.55. The number of nitrogen functional groups attached to an aromatic ring is 1. The molecule has 1 aromatic carbocycles. The normalized spacial score (nSPS) is 12.1. The molecule has 1 amide bonds. The van der Waals surface area contributed by atoms with Crippen molar-refractivity contribution in [2.45, 2.75) is 26.2 Å². The number of benzene rings is 1. The van der Waals surface area contributed by atoms with Gasteiger partial charge in [-0.15, -0.1) is 0 Å². The summed E-state index contributed by atoms with van der Waals surface area (Å²) in [5.74, 6) is 0.337. The quantitative estimate of drug-likeness (QED) is 0.639. The Hall–Kier alpha value is -1.55. The van der Waals surface area contributed by atoms with E-state index in [9.17, 15) is 4.79 Å². The van der Waals surface area contributed by atoms with Gasteiger partial charge in [-0.1, -0.05) is 25.1 Å². The molecule has 0 heterocycles. The molecule has 4 nitrogen and oxygen atoms in total. The fourth-order valence-corrected chi connectivity index (χ4v) is 1.71. The maximum atomic E-state index is 11.6. The van der Waals surface area contributed by atoms with Crippen molar-refractivity contribution >= 4 is 11.6 Å². The standard InChI is InChI=1S/C14H22N2O2/c1-11(8-9-17)10-16-14(18)7-6-12-4-2-3-5-13(12)15/h2-5,11,17H,6-10,15H2,1H3,(H,16,18). The smallest absolute Gasteiger partial charge is 0.220 e. The summed E-state index contributed by atoms with van der Waals surface area (Å²) in [5, 5.41) is 11.6. The van der Waals surface area contributed by atoms with Gasteiger partial charge in [-0.25, -0.2) is 0 Å². The van der Waals surface area contributed by atoms with Crippen molar-refractivity contribution in [2.24, 2.45) is 5.92 Å². The lowest BCUT2D eigenvalue weighted by molar-refractivity contribution is -0.121. The summed E-state index contributed by atoms with van der Waals surface area (Å²) in [6.07, 6.45) is 1.82. The molecule has 1 rings (SSSR count). The van der Waals surface area contributed by atoms with Gasteiger partial charge in [0.25, 0.3) is 0 Å². The Morgan fingerprint density at radius 2 is 2.17 bits per heavy atom. The van der Waals surface area contributed by atoms with Crippen molar-refractivity contribution in [3.05, 3.63) is 29.8 Å². The summed E-state index contributed by atoms with van der Waals surface area (Å²) in [6, 6.07) is 7.59. The van der Waals surface area contributed by atoms with Gasteiger partial charge in [-0.05, 0) is 30.4 Å². The van der Waals surface area contributed by atoms with Gasteiger partial charge in [0, 0.05) is 25.3 Å². The van der Waals surface area contributed by atoms with Gasteiger partial charge in [-0.3, -0.25) is 4.79 Å². The van der Waals surface area contributed by atoms with E-state index in [1.807, 2.05) is 31.2 Å². The van der Waals surface area contributed by atoms with Crippen molar-refractivity contribution in [3.8, 4) is 0 Å². The van der Waals surface area contributed by atoms with Gasteiger partial charge >= 0.3 is 0 Å². The third kappa shape index (κ3) is 5.19. The van der Waals surface area contributed by atoms with E-state index in [1.165, 1.54) is 0 Å². The largest absolute Gasteiger partial charge is 0.399 e. The van der Waals surface area contributed by atoms with Crippen molar-refractivity contribution in [2.75, 3.05) is 18.9 Å². The lowest BCUT2D eigenvalue weighted by atomic mass is 10.1. The molecule has 0 radical (unpaired) electrons. The number of carbonyl (C=O) groups excluding carboxylic acids is 1. The molecule has 0 aliphatic heterocycles. The van der Waals surface area contributed by atoms with E-state index in [1.54, 1.807) is 0 Å². The average molecular weight is 250 g/mol. The van der Waals surface area contributed by atoms with Crippen molar-refractivity contribution in [1.82, 2.24) is 5.32 Å². The summed E-state index contributed by atoms with van der Waals surface area (Å²) in [7, 11) is 0. The van der Waals surface area contributed by atoms with E-state index in [-0.39, 0.29) is 12.5 Å². The van der Waals surface area contributed by atoms with Crippen LogP contribution >= 0.6 is 0 Å². The Morgan fingerprint density at radius 3 is 2.83 bits per heavy atom. The molecule has 0 saturated carbocycles. The lowest BCUT2D eigenvalue weighted by Gasteiger charge is -2.11. The zero-order valence-electron chi connectivity index (χ0n) is 10.9. The first-order chi connectivity index (χ1) is 8.63. The van der Waals surface area contributed by atoms with Crippen molar-refractivity contribution < 1.29 is 9.90 Å². The number of aliphatic hydroxyl groups excluding tert-OH is 1. The van der Waals surface area contributed by atoms with Crippen LogP contribution in [0.2, 0.25) is 0 Å². The van der Waals surface area contributed by atoms with Gasteiger partial charge in [0.05, 0.1) is 0 Å². The zero-order chi connectivity index (χ0) is 13.4. The fraction of sp³-hybridized carbons (Fsp3) is 0.500. The summed E-state index contributed by atoms with van der Waals surface area (Å²) in [4.78, 5) is 11.6. The number of nitrogens with one attached hydrogen (secondary N) is 1. The van der Waals surface area contributed by atoms with Crippen LogP contribution in [0.15, 0.2) is 24.3 Å². The second kappa shape index (κ2) is 7.71. The molecule has 0 bridgehead atoms. The Labute approximate surface area is 108 Å². The molecular formula is C14H22N2O2. The monoisotopic (exact) mass is 250 g/mol. The van der Waals surface area contributed by atoms with Crippen LogP contribution in [0.3, 0.4) is 0 Å². The van der Waals surface area contributed by atoms with E-state index < -0.39 is 0 Å². The van der Waals surface area contributed by atoms with Crippen LogP contribution in [0.1, 0.15) is 25.3 Å². The molecule has 0 aliphatic carbocycles. The topological polar surface area (TPSA) is 75.3 Å². The molecule has 1 unspecified atom stereocenters. The Morgan fingerprint density at radius 1 is 1.44 bits per heavy atom. The molecule has 0 aromatic heterocycles. The summed E-state index contributed by atoms with van der Waals surface area (Å²) < 4.78 is 0. The Balaban J connectivity index is 2.27. The molecule has 4 heteroatoms. The first kappa shape index (κ1) is 14.5. The average Bonchev–Trinajstić information content (AvgIpc) is 2.36. The molecule has 1 atom stereocenters. The number of hydrogen-bond donors (Lipinski definition) is 3. The SMILES string of the molecule is CC(CCO)CNC(=O)CCc1ccccc1N. The van der Waals surface area contributed by atoms with Gasteiger partial charge in [0.2, 0.25) is 5.91 Å².